The summed E-state index contributed by atoms with van der Waals surface area (Å²) in [7, 11) is 0. The Morgan fingerprint density at radius 3 is 2.36 bits per heavy atom. The van der Waals surface area contributed by atoms with E-state index in [1.165, 1.54) is 17.5 Å². The van der Waals surface area contributed by atoms with E-state index in [1.807, 2.05) is 4.90 Å². The van der Waals surface area contributed by atoms with E-state index in [-0.39, 0.29) is 17.9 Å². The molecule has 1 aromatic rings. The van der Waals surface area contributed by atoms with Gasteiger partial charge in [0.25, 0.3) is 5.91 Å². The van der Waals surface area contributed by atoms with Crippen molar-refractivity contribution in [3.8, 4) is 0 Å². The second-order valence-corrected chi connectivity index (χ2v) is 9.32. The molecule has 5 heteroatoms. The van der Waals surface area contributed by atoms with Crippen molar-refractivity contribution in [1.82, 2.24) is 4.90 Å². The van der Waals surface area contributed by atoms with Crippen molar-refractivity contribution in [3.63, 3.8) is 0 Å². The second-order valence-electron chi connectivity index (χ2n) is 9.32. The summed E-state index contributed by atoms with van der Waals surface area (Å²) in [6.45, 7) is 2.46. The van der Waals surface area contributed by atoms with Gasteiger partial charge in [0, 0.05) is 19.7 Å². The number of carbonyl (C=O) groups is 2. The van der Waals surface area contributed by atoms with E-state index in [9.17, 15) is 9.59 Å². The summed E-state index contributed by atoms with van der Waals surface area (Å²) in [6, 6.07) is 8.93. The number of likely N-dealkylation sites (tertiary alicyclic amines) is 1. The fraction of sp³-hybridized carbons (Fsp3) is 0.652. The molecule has 0 unspecified atom stereocenters. The number of benzene rings is 1. The van der Waals surface area contributed by atoms with Crippen LogP contribution in [-0.2, 0) is 14.3 Å². The van der Waals surface area contributed by atoms with Crippen molar-refractivity contribution in [2.24, 2.45) is 11.3 Å². The molecule has 2 atom stereocenters. The summed E-state index contributed by atoms with van der Waals surface area (Å²) in [6.07, 6.45) is 6.67. The van der Waals surface area contributed by atoms with E-state index >= 15 is 0 Å². The van der Waals surface area contributed by atoms with Crippen LogP contribution in [0.15, 0.2) is 24.3 Å². The van der Waals surface area contributed by atoms with Crippen molar-refractivity contribution >= 4 is 11.9 Å². The van der Waals surface area contributed by atoms with Gasteiger partial charge in [0.1, 0.15) is 6.10 Å². The fourth-order valence-corrected chi connectivity index (χ4v) is 5.61. The van der Waals surface area contributed by atoms with Gasteiger partial charge in [0.15, 0.2) is 0 Å². The maximum absolute atomic E-state index is 12.5. The molecule has 2 saturated heterocycles. The number of rotatable bonds is 4. The third kappa shape index (κ3) is 3.14. The molecule has 0 bridgehead atoms. The Morgan fingerprint density at radius 1 is 1.07 bits per heavy atom. The van der Waals surface area contributed by atoms with Gasteiger partial charge in [0.2, 0.25) is 0 Å². The number of piperidine rings is 1. The van der Waals surface area contributed by atoms with Crippen molar-refractivity contribution in [3.05, 3.63) is 35.4 Å². The van der Waals surface area contributed by atoms with Crippen LogP contribution in [0.25, 0.3) is 0 Å². The number of ether oxygens (including phenoxy) is 1. The first-order chi connectivity index (χ1) is 13.6. The third-order valence-electron chi connectivity index (χ3n) is 7.76. The summed E-state index contributed by atoms with van der Waals surface area (Å²) in [5.74, 6) is 0.426. The minimum absolute atomic E-state index is 0.154. The number of carbonyl (C=O) groups excluding carboxylic acids is 1. The molecule has 28 heavy (non-hydrogen) atoms. The Labute approximate surface area is 166 Å². The topological polar surface area (TPSA) is 66.8 Å². The van der Waals surface area contributed by atoms with Gasteiger partial charge in [-0.1, -0.05) is 24.3 Å². The highest BCUT2D eigenvalue weighted by molar-refractivity contribution is 5.81. The number of carboxylic acids is 1. The molecule has 2 aliphatic carbocycles. The van der Waals surface area contributed by atoms with Gasteiger partial charge in [-0.15, -0.1) is 0 Å². The van der Waals surface area contributed by atoms with Crippen LogP contribution in [0.2, 0.25) is 0 Å². The lowest BCUT2D eigenvalue weighted by Gasteiger charge is -2.34. The van der Waals surface area contributed by atoms with Crippen molar-refractivity contribution in [1.29, 1.82) is 0 Å². The molecule has 4 aliphatic rings. The van der Waals surface area contributed by atoms with Crippen molar-refractivity contribution in [2.45, 2.75) is 62.9 Å². The van der Waals surface area contributed by atoms with E-state index in [1.54, 1.807) is 0 Å². The maximum atomic E-state index is 12.5. The quantitative estimate of drug-likeness (QED) is 0.864. The Balaban J connectivity index is 1.15. The average molecular weight is 383 g/mol. The van der Waals surface area contributed by atoms with Gasteiger partial charge in [-0.3, -0.25) is 9.59 Å². The molecular weight excluding hydrogens is 354 g/mol. The van der Waals surface area contributed by atoms with Gasteiger partial charge in [-0.05, 0) is 73.3 Å². The van der Waals surface area contributed by atoms with Crippen LogP contribution in [0.5, 0.6) is 0 Å². The van der Waals surface area contributed by atoms with Crippen molar-refractivity contribution < 1.29 is 19.4 Å². The van der Waals surface area contributed by atoms with Crippen LogP contribution >= 0.6 is 0 Å². The Hall–Kier alpha value is -1.88. The summed E-state index contributed by atoms with van der Waals surface area (Å²) < 4.78 is 5.57. The molecule has 5 rings (SSSR count). The fourth-order valence-electron chi connectivity index (χ4n) is 5.61. The molecule has 2 aliphatic heterocycles. The third-order valence-corrected chi connectivity index (χ3v) is 7.76. The molecule has 0 aromatic heterocycles. The minimum atomic E-state index is -0.655. The molecule has 1 spiro atoms. The van der Waals surface area contributed by atoms with Crippen LogP contribution in [0.1, 0.15) is 67.9 Å². The monoisotopic (exact) mass is 383 g/mol. The maximum Gasteiger partial charge on any atom is 0.306 e. The van der Waals surface area contributed by atoms with Gasteiger partial charge in [0.05, 0.1) is 5.92 Å². The van der Waals surface area contributed by atoms with E-state index in [2.05, 4.69) is 24.3 Å². The number of amides is 1. The van der Waals surface area contributed by atoms with Crippen LogP contribution in [0, 0.1) is 11.3 Å². The predicted octanol–water partition coefficient (Wildman–Crippen LogP) is 3.54. The van der Waals surface area contributed by atoms with E-state index in [0.717, 1.165) is 58.2 Å². The molecule has 150 valence electrons. The summed E-state index contributed by atoms with van der Waals surface area (Å²) >= 11 is 0. The number of hydrogen-bond acceptors (Lipinski definition) is 3. The summed E-state index contributed by atoms with van der Waals surface area (Å²) in [5.41, 5.74) is 3.09. The summed E-state index contributed by atoms with van der Waals surface area (Å²) in [5, 5.41) is 9.05. The molecule has 2 heterocycles. The van der Waals surface area contributed by atoms with Gasteiger partial charge < -0.3 is 14.7 Å². The van der Waals surface area contributed by atoms with Crippen LogP contribution in [-0.4, -0.2) is 47.7 Å². The lowest BCUT2D eigenvalue weighted by atomic mass is 9.71. The number of hydrogen-bond donors (Lipinski definition) is 1. The molecule has 2 saturated carbocycles. The minimum Gasteiger partial charge on any atom is -0.481 e. The predicted molar refractivity (Wildman–Crippen MR) is 104 cm³/mol. The molecule has 1 N–H and O–H groups in total. The first-order valence-corrected chi connectivity index (χ1v) is 10.8. The summed E-state index contributed by atoms with van der Waals surface area (Å²) in [4.78, 5) is 25.6. The van der Waals surface area contributed by atoms with E-state index in [4.69, 9.17) is 9.84 Å². The number of aliphatic carboxylic acids is 1. The first kappa shape index (κ1) is 18.2. The van der Waals surface area contributed by atoms with E-state index < -0.39 is 5.97 Å². The SMILES string of the molecule is O=C([C@H]1CCCO1)N1CCC2(CC1)C[C@H]2c1ccc([C@H]2C[C@@H](C(=O)O)C2)cc1. The number of nitrogens with zero attached hydrogens (tertiary/aromatic N) is 1. The van der Waals surface area contributed by atoms with Gasteiger partial charge in [-0.25, -0.2) is 0 Å². The van der Waals surface area contributed by atoms with Crippen LogP contribution in [0.4, 0.5) is 0 Å². The standard InChI is InChI=1S/C23H29NO4/c25-21(20-2-1-11-28-20)24-9-7-23(8-10-24)14-19(23)16-5-3-15(4-6-16)17-12-18(13-17)22(26)27/h3-6,17-20H,1-2,7-14H2,(H,26,27)/t17-,18+,19-,20+/m0/s1. The first-order valence-electron chi connectivity index (χ1n) is 10.8. The van der Waals surface area contributed by atoms with Crippen molar-refractivity contribution in [2.75, 3.05) is 19.7 Å². The highest BCUT2D eigenvalue weighted by atomic mass is 16.5. The zero-order valence-electron chi connectivity index (χ0n) is 16.3. The average Bonchev–Trinajstić information content (AvgIpc) is 3.10. The normalized spacial score (nSPS) is 33.5. The molecule has 4 fully saturated rings. The lowest BCUT2D eigenvalue weighted by molar-refractivity contribution is -0.145. The molecule has 5 nitrogen and oxygen atoms in total. The van der Waals surface area contributed by atoms with Gasteiger partial charge in [-0.2, -0.15) is 0 Å². The van der Waals surface area contributed by atoms with Crippen LogP contribution in [0.3, 0.4) is 0 Å². The lowest BCUT2D eigenvalue weighted by Crippen LogP contribution is -2.44. The molecule has 1 amide bonds. The molecule has 1 aromatic carbocycles. The highest BCUT2D eigenvalue weighted by Crippen LogP contribution is 2.65. The second kappa shape index (κ2) is 6.87. The zero-order chi connectivity index (χ0) is 19.3. The Kier molecular flexibility index (Phi) is 4.46. The Bertz CT molecular complexity index is 753. The van der Waals surface area contributed by atoms with E-state index in [0.29, 0.717) is 17.3 Å². The van der Waals surface area contributed by atoms with Gasteiger partial charge >= 0.3 is 5.97 Å². The molecular formula is C23H29NO4. The van der Waals surface area contributed by atoms with Crippen LogP contribution < -0.4 is 0 Å². The smallest absolute Gasteiger partial charge is 0.306 e. The number of carboxylic acid groups (broad SMARTS) is 1. The zero-order valence-corrected chi connectivity index (χ0v) is 16.3. The Morgan fingerprint density at radius 2 is 1.75 bits per heavy atom. The molecule has 0 radical (unpaired) electrons. The largest absolute Gasteiger partial charge is 0.481 e. The highest BCUT2D eigenvalue weighted by Gasteiger charge is 2.55.